The van der Waals surface area contributed by atoms with Crippen molar-refractivity contribution in [2.24, 2.45) is 0 Å². The summed E-state index contributed by atoms with van der Waals surface area (Å²) in [6, 6.07) is 0.884. The summed E-state index contributed by atoms with van der Waals surface area (Å²) >= 11 is 0. The summed E-state index contributed by atoms with van der Waals surface area (Å²) in [5.41, 5.74) is 0. The van der Waals surface area contributed by atoms with E-state index in [0.29, 0.717) is 26.2 Å². The topological polar surface area (TPSA) is 72.5 Å². The molecule has 0 aromatic heterocycles. The van der Waals surface area contributed by atoms with E-state index in [2.05, 4.69) is 76.8 Å². The van der Waals surface area contributed by atoms with E-state index in [9.17, 15) is 4.79 Å². The van der Waals surface area contributed by atoms with Gasteiger partial charge in [-0.25, -0.2) is 4.79 Å². The molecule has 0 N–H and O–H groups in total. The fraction of sp³-hybridized carbons (Fsp3) is 0.941. The Kier molecular flexibility index (Phi) is 12.0. The molecule has 0 aromatic carbocycles. The number of ether oxygens (including phenoxy) is 2. The Hall–Kier alpha value is 0.354. The Morgan fingerprint density at radius 2 is 1.10 bits per heavy atom. The molecule has 0 unspecified atom stereocenters. The molecule has 173 valence electrons. The van der Waals surface area contributed by atoms with Crippen LogP contribution in [-0.2, 0) is 30.7 Å². The van der Waals surface area contributed by atoms with Gasteiger partial charge in [0.25, 0.3) is 0 Å². The molecule has 0 atom stereocenters. The average molecular weight is 500 g/mol. The van der Waals surface area contributed by atoms with Crippen LogP contribution in [0.25, 0.3) is 0 Å². The van der Waals surface area contributed by atoms with Crippen LogP contribution in [0.3, 0.4) is 0 Å². The van der Waals surface area contributed by atoms with Gasteiger partial charge in [0.2, 0.25) is 0 Å². The van der Waals surface area contributed by atoms with Gasteiger partial charge in [-0.3, -0.25) is 0 Å². The highest BCUT2D eigenvalue weighted by Gasteiger charge is 2.45. The highest BCUT2D eigenvalue weighted by Crippen LogP contribution is 2.26. The molecule has 0 aromatic rings. The Morgan fingerprint density at radius 1 is 0.621 bits per heavy atom. The molecule has 29 heavy (non-hydrogen) atoms. The van der Waals surface area contributed by atoms with Gasteiger partial charge in [0.1, 0.15) is 0 Å². The van der Waals surface area contributed by atoms with E-state index in [1.807, 2.05) is 0 Å². The van der Waals surface area contributed by atoms with Gasteiger partial charge in [0.15, 0.2) is 16.6 Å². The smallest absolute Gasteiger partial charge is 0.417 e. The first-order chi connectivity index (χ1) is 12.9. The zero-order chi connectivity index (χ0) is 23.0. The highest BCUT2D eigenvalue weighted by atomic mass is 28.5. The van der Waals surface area contributed by atoms with Crippen molar-refractivity contribution in [1.82, 2.24) is 0 Å². The lowest BCUT2D eigenvalue weighted by molar-refractivity contribution is 0.126. The molecule has 0 heterocycles. The van der Waals surface area contributed by atoms with Crippen molar-refractivity contribution >= 4 is 48.8 Å². The Morgan fingerprint density at radius 3 is 1.59 bits per heavy atom. The molecular formula is C17H43O7Si5. The third-order valence-electron chi connectivity index (χ3n) is 3.50. The van der Waals surface area contributed by atoms with Crippen molar-refractivity contribution in [3.63, 3.8) is 0 Å². The van der Waals surface area contributed by atoms with Crippen LogP contribution in [0.15, 0.2) is 0 Å². The molecule has 0 amide bonds. The molecular weight excluding hydrogens is 457 g/mol. The summed E-state index contributed by atoms with van der Waals surface area (Å²) in [6.45, 7) is 26.5. The van der Waals surface area contributed by atoms with Gasteiger partial charge < -0.3 is 25.9 Å². The lowest BCUT2D eigenvalue weighted by Crippen LogP contribution is -2.58. The van der Waals surface area contributed by atoms with Crippen molar-refractivity contribution in [2.75, 3.05) is 19.8 Å². The van der Waals surface area contributed by atoms with Gasteiger partial charge in [0.05, 0.1) is 6.61 Å². The van der Waals surface area contributed by atoms with E-state index < -0.39 is 42.3 Å². The van der Waals surface area contributed by atoms with Crippen molar-refractivity contribution in [3.8, 4) is 0 Å². The van der Waals surface area contributed by atoms with Gasteiger partial charge in [-0.15, -0.1) is 0 Å². The van der Waals surface area contributed by atoms with E-state index in [-0.39, 0.29) is 0 Å². The first-order valence-electron chi connectivity index (χ1n) is 10.3. The Balaban J connectivity index is 4.60. The van der Waals surface area contributed by atoms with E-state index in [1.165, 1.54) is 6.47 Å². The molecule has 0 saturated heterocycles. The fourth-order valence-electron chi connectivity index (χ4n) is 3.39. The van der Waals surface area contributed by atoms with Crippen LogP contribution >= 0.6 is 0 Å². The fourth-order valence-corrected chi connectivity index (χ4v) is 26.8. The Labute approximate surface area is 183 Å². The van der Waals surface area contributed by atoms with E-state index >= 15 is 0 Å². The van der Waals surface area contributed by atoms with Crippen molar-refractivity contribution in [2.45, 2.75) is 84.5 Å². The second kappa shape index (κ2) is 11.8. The minimum Gasteiger partial charge on any atom is -0.457 e. The van der Waals surface area contributed by atoms with Crippen LogP contribution in [0, 0.1) is 0 Å². The number of carbonyl (C=O) groups excluding carboxylic acids is 1. The van der Waals surface area contributed by atoms with Gasteiger partial charge >= 0.3 is 32.2 Å². The van der Waals surface area contributed by atoms with E-state index in [1.54, 1.807) is 0 Å². The summed E-state index contributed by atoms with van der Waals surface area (Å²) in [5, 5.41) is 0. The van der Waals surface area contributed by atoms with E-state index in [0.717, 1.165) is 6.04 Å². The van der Waals surface area contributed by atoms with Crippen LogP contribution in [0.1, 0.15) is 6.42 Å². The molecule has 0 aliphatic rings. The number of hydrogen-bond acceptors (Lipinski definition) is 7. The maximum Gasteiger partial charge on any atom is 0.417 e. The summed E-state index contributed by atoms with van der Waals surface area (Å²) < 4.78 is 36.1. The molecule has 0 fully saturated rings. The molecule has 12 heteroatoms. The Bertz CT molecular complexity index is 493. The monoisotopic (exact) mass is 499 g/mol. The predicted octanol–water partition coefficient (Wildman–Crippen LogP) is 4.69. The van der Waals surface area contributed by atoms with Gasteiger partial charge in [0, 0.05) is 19.6 Å². The summed E-state index contributed by atoms with van der Waals surface area (Å²) in [5.74, 6) is 0. The zero-order valence-electron chi connectivity index (χ0n) is 20.4. The summed E-state index contributed by atoms with van der Waals surface area (Å²) in [7, 11) is -10.6. The van der Waals surface area contributed by atoms with Crippen molar-refractivity contribution in [1.29, 1.82) is 0 Å². The predicted molar refractivity (Wildman–Crippen MR) is 130 cm³/mol. The lowest BCUT2D eigenvalue weighted by Gasteiger charge is -2.42. The number of hydrogen-bond donors (Lipinski definition) is 0. The molecule has 1 radical (unpaired) electrons. The second-order valence-electron chi connectivity index (χ2n) is 10.1. The molecule has 0 saturated carbocycles. The first kappa shape index (κ1) is 29.4. The van der Waals surface area contributed by atoms with Gasteiger partial charge in [-0.1, -0.05) is 0 Å². The first-order valence-corrected chi connectivity index (χ1v) is 25.2. The minimum absolute atomic E-state index is 0.343. The molecule has 0 spiro atoms. The zero-order valence-corrected chi connectivity index (χ0v) is 25.4. The van der Waals surface area contributed by atoms with Crippen molar-refractivity contribution < 1.29 is 30.7 Å². The molecule has 0 aliphatic heterocycles. The second-order valence-corrected chi connectivity index (χ2v) is 30.0. The van der Waals surface area contributed by atoms with Gasteiger partial charge in [-0.2, -0.15) is 0 Å². The van der Waals surface area contributed by atoms with Crippen molar-refractivity contribution in [3.05, 3.63) is 0 Å². The van der Waals surface area contributed by atoms with Crippen LogP contribution in [-0.4, -0.2) is 68.6 Å². The highest BCUT2D eigenvalue weighted by molar-refractivity contribution is 6.90. The quantitative estimate of drug-likeness (QED) is 0.225. The van der Waals surface area contributed by atoms with Crippen LogP contribution < -0.4 is 0 Å². The maximum atomic E-state index is 9.98. The standard InChI is InChI=1S/C17H43O7Si5/c1-25(2,3)21-27(6,7)23-29(10,11)24-28(8,9)22-26(4,5)16-15-19-13-12-14-20-17-18/h12-16H2,1-11H3. The van der Waals surface area contributed by atoms with Gasteiger partial charge in [-0.05, 0) is 78.1 Å². The normalized spacial score (nSPS) is 14.2. The molecule has 0 rings (SSSR count). The van der Waals surface area contributed by atoms with Crippen LogP contribution in [0.5, 0.6) is 0 Å². The maximum absolute atomic E-state index is 9.98. The number of rotatable bonds is 16. The largest absolute Gasteiger partial charge is 0.457 e. The molecule has 0 aliphatic carbocycles. The van der Waals surface area contributed by atoms with Crippen LogP contribution in [0.4, 0.5) is 0 Å². The SMILES string of the molecule is C[Si](C)(C)O[Si](C)(C)O[Si](C)(C)O[Si](C)(C)O[Si](C)(C)CCOCCCO[C]=O. The minimum atomic E-state index is -2.39. The summed E-state index contributed by atoms with van der Waals surface area (Å²) in [4.78, 5) is 9.98. The lowest BCUT2D eigenvalue weighted by atomic mass is 10.5. The molecule has 0 bridgehead atoms. The third kappa shape index (κ3) is 16.7. The third-order valence-corrected chi connectivity index (χ3v) is 21.4. The van der Waals surface area contributed by atoms with Crippen LogP contribution in [0.2, 0.25) is 78.1 Å². The van der Waals surface area contributed by atoms with E-state index in [4.69, 9.17) is 21.2 Å². The summed E-state index contributed by atoms with van der Waals surface area (Å²) in [6.07, 6.45) is 0.678. The average Bonchev–Trinajstić information content (AvgIpc) is 2.39. The molecule has 7 nitrogen and oxygen atoms in total.